The molecule has 2 aromatic carbocycles. The molecule has 0 aromatic heterocycles. The van der Waals surface area contributed by atoms with Crippen molar-refractivity contribution in [3.05, 3.63) is 57.6 Å². The molecule has 1 aliphatic rings. The lowest BCUT2D eigenvalue weighted by molar-refractivity contribution is 0.174. The first-order valence-electron chi connectivity index (χ1n) is 7.21. The first kappa shape index (κ1) is 14.0. The predicted octanol–water partition coefficient (Wildman–Crippen LogP) is 3.70. The molecule has 1 heterocycles. The van der Waals surface area contributed by atoms with Crippen molar-refractivity contribution in [3.63, 3.8) is 0 Å². The Bertz CT molecular complexity index is 681. The zero-order valence-electron chi connectivity index (χ0n) is 13.0. The van der Waals surface area contributed by atoms with Gasteiger partial charge in [-0.25, -0.2) is 0 Å². The number of hydrogen-bond acceptors (Lipinski definition) is 3. The smallest absolute Gasteiger partial charge is 0.231 e. The van der Waals surface area contributed by atoms with Crippen LogP contribution >= 0.6 is 0 Å². The number of benzene rings is 2. The first-order valence-corrected chi connectivity index (χ1v) is 7.21. The molecule has 2 N–H and O–H groups in total. The Kier molecular flexibility index (Phi) is 3.38. The predicted molar refractivity (Wildman–Crippen MR) is 84.0 cm³/mol. The van der Waals surface area contributed by atoms with Gasteiger partial charge < -0.3 is 15.2 Å². The Labute approximate surface area is 125 Å². The number of aryl methyl sites for hydroxylation is 2. The summed E-state index contributed by atoms with van der Waals surface area (Å²) in [6.07, 6.45) is 0. The molecule has 0 aliphatic carbocycles. The monoisotopic (exact) mass is 283 g/mol. The van der Waals surface area contributed by atoms with Gasteiger partial charge in [0.05, 0.1) is 6.04 Å². The van der Waals surface area contributed by atoms with Crippen molar-refractivity contribution in [1.29, 1.82) is 0 Å². The van der Waals surface area contributed by atoms with Crippen LogP contribution in [0, 0.1) is 27.7 Å². The zero-order chi connectivity index (χ0) is 15.1. The Morgan fingerprint density at radius 3 is 2.19 bits per heavy atom. The average molecular weight is 283 g/mol. The van der Waals surface area contributed by atoms with Gasteiger partial charge in [-0.15, -0.1) is 0 Å². The van der Waals surface area contributed by atoms with Crippen molar-refractivity contribution >= 4 is 0 Å². The van der Waals surface area contributed by atoms with Gasteiger partial charge in [0, 0.05) is 0 Å². The van der Waals surface area contributed by atoms with Crippen LogP contribution in [0.5, 0.6) is 11.5 Å². The zero-order valence-corrected chi connectivity index (χ0v) is 13.0. The molecule has 1 unspecified atom stereocenters. The number of hydrogen-bond donors (Lipinski definition) is 1. The minimum Gasteiger partial charge on any atom is -0.454 e. The second-order valence-electron chi connectivity index (χ2n) is 5.76. The van der Waals surface area contributed by atoms with Crippen LogP contribution in [0.3, 0.4) is 0 Å². The lowest BCUT2D eigenvalue weighted by atomic mass is 9.87. The topological polar surface area (TPSA) is 44.5 Å². The lowest BCUT2D eigenvalue weighted by Crippen LogP contribution is -2.16. The number of nitrogens with two attached hydrogens (primary N) is 1. The van der Waals surface area contributed by atoms with Gasteiger partial charge in [0.2, 0.25) is 6.79 Å². The van der Waals surface area contributed by atoms with Gasteiger partial charge in [-0.3, -0.25) is 0 Å². The number of rotatable bonds is 2. The van der Waals surface area contributed by atoms with Gasteiger partial charge in [0.1, 0.15) is 0 Å². The summed E-state index contributed by atoms with van der Waals surface area (Å²) in [5, 5.41) is 0. The Hall–Kier alpha value is -2.00. The van der Waals surface area contributed by atoms with Crippen molar-refractivity contribution in [2.45, 2.75) is 33.7 Å². The van der Waals surface area contributed by atoms with E-state index in [0.29, 0.717) is 0 Å². The Morgan fingerprint density at radius 1 is 0.905 bits per heavy atom. The van der Waals surface area contributed by atoms with E-state index in [-0.39, 0.29) is 12.8 Å². The highest BCUT2D eigenvalue weighted by Crippen LogP contribution is 2.37. The Balaban J connectivity index is 2.09. The van der Waals surface area contributed by atoms with Crippen molar-refractivity contribution < 1.29 is 9.47 Å². The van der Waals surface area contributed by atoms with Crippen LogP contribution in [-0.2, 0) is 0 Å². The minimum atomic E-state index is -0.155. The third-order valence-electron chi connectivity index (χ3n) is 4.49. The molecule has 1 atom stereocenters. The largest absolute Gasteiger partial charge is 0.454 e. The summed E-state index contributed by atoms with van der Waals surface area (Å²) in [6.45, 7) is 8.85. The molecule has 0 spiro atoms. The fourth-order valence-electron chi connectivity index (χ4n) is 2.99. The third-order valence-corrected chi connectivity index (χ3v) is 4.49. The molecule has 21 heavy (non-hydrogen) atoms. The quantitative estimate of drug-likeness (QED) is 0.914. The van der Waals surface area contributed by atoms with Crippen LogP contribution in [0.15, 0.2) is 24.3 Å². The highest BCUT2D eigenvalue weighted by Gasteiger charge is 2.20. The maximum absolute atomic E-state index is 6.55. The lowest BCUT2D eigenvalue weighted by Gasteiger charge is -2.21. The molecule has 0 amide bonds. The van der Waals surface area contributed by atoms with E-state index in [1.807, 2.05) is 18.2 Å². The van der Waals surface area contributed by atoms with Crippen LogP contribution in [-0.4, -0.2) is 6.79 Å². The molecule has 0 fully saturated rings. The molecule has 0 bridgehead atoms. The van der Waals surface area contributed by atoms with Gasteiger partial charge in [-0.05, 0) is 73.2 Å². The first-order chi connectivity index (χ1) is 9.99. The van der Waals surface area contributed by atoms with E-state index in [1.165, 1.54) is 27.8 Å². The molecular formula is C18H21NO2. The van der Waals surface area contributed by atoms with Crippen LogP contribution in [0.1, 0.15) is 39.4 Å². The van der Waals surface area contributed by atoms with Crippen LogP contribution < -0.4 is 15.2 Å². The van der Waals surface area contributed by atoms with Crippen LogP contribution in [0.2, 0.25) is 0 Å². The minimum absolute atomic E-state index is 0.155. The highest BCUT2D eigenvalue weighted by molar-refractivity contribution is 5.52. The van der Waals surface area contributed by atoms with Crippen molar-refractivity contribution in [2.24, 2.45) is 5.73 Å². The maximum atomic E-state index is 6.55. The highest BCUT2D eigenvalue weighted by atomic mass is 16.7. The van der Waals surface area contributed by atoms with Gasteiger partial charge in [0.25, 0.3) is 0 Å². The summed E-state index contributed by atoms with van der Waals surface area (Å²) in [5.41, 5.74) is 13.9. The second kappa shape index (κ2) is 5.08. The van der Waals surface area contributed by atoms with E-state index in [1.54, 1.807) is 0 Å². The summed E-state index contributed by atoms with van der Waals surface area (Å²) in [7, 11) is 0. The fraction of sp³-hybridized carbons (Fsp3) is 0.333. The molecule has 3 nitrogen and oxygen atoms in total. The van der Waals surface area contributed by atoms with E-state index in [9.17, 15) is 0 Å². The van der Waals surface area contributed by atoms with Crippen LogP contribution in [0.4, 0.5) is 0 Å². The molecule has 3 heteroatoms. The number of ether oxygens (including phenoxy) is 2. The molecule has 1 aliphatic heterocycles. The van der Waals surface area contributed by atoms with E-state index in [0.717, 1.165) is 17.1 Å². The summed E-state index contributed by atoms with van der Waals surface area (Å²) >= 11 is 0. The normalized spacial score (nSPS) is 14.3. The van der Waals surface area contributed by atoms with Crippen molar-refractivity contribution in [1.82, 2.24) is 0 Å². The SMILES string of the molecule is Cc1cc(C)c(C)c(C(N)c2ccc3c(c2)OCO3)c1C. The van der Waals surface area contributed by atoms with Gasteiger partial charge in [-0.2, -0.15) is 0 Å². The third kappa shape index (κ3) is 2.28. The fourth-order valence-corrected chi connectivity index (χ4v) is 2.99. The summed E-state index contributed by atoms with van der Waals surface area (Å²) < 4.78 is 10.8. The molecule has 2 aromatic rings. The van der Waals surface area contributed by atoms with E-state index >= 15 is 0 Å². The van der Waals surface area contributed by atoms with Crippen LogP contribution in [0.25, 0.3) is 0 Å². The summed E-state index contributed by atoms with van der Waals surface area (Å²) in [5.74, 6) is 1.57. The van der Waals surface area contributed by atoms with E-state index < -0.39 is 0 Å². The maximum Gasteiger partial charge on any atom is 0.231 e. The van der Waals surface area contributed by atoms with Gasteiger partial charge in [-0.1, -0.05) is 12.1 Å². The Morgan fingerprint density at radius 2 is 1.52 bits per heavy atom. The summed E-state index contributed by atoms with van der Waals surface area (Å²) in [6, 6.07) is 8.02. The van der Waals surface area contributed by atoms with E-state index in [4.69, 9.17) is 15.2 Å². The van der Waals surface area contributed by atoms with Gasteiger partial charge >= 0.3 is 0 Å². The molecule has 3 rings (SSSR count). The van der Waals surface area contributed by atoms with Crippen molar-refractivity contribution in [3.8, 4) is 11.5 Å². The van der Waals surface area contributed by atoms with Crippen molar-refractivity contribution in [2.75, 3.05) is 6.79 Å². The molecule has 0 radical (unpaired) electrons. The standard InChI is InChI=1S/C18H21NO2/c1-10-7-11(2)13(4)17(12(10)3)18(19)14-5-6-15-16(8-14)21-9-20-15/h5-8,18H,9,19H2,1-4H3. The molecule has 110 valence electrons. The molecule has 0 saturated carbocycles. The average Bonchev–Trinajstić information content (AvgIpc) is 2.92. The van der Waals surface area contributed by atoms with Gasteiger partial charge in [0.15, 0.2) is 11.5 Å². The summed E-state index contributed by atoms with van der Waals surface area (Å²) in [4.78, 5) is 0. The molecular weight excluding hydrogens is 262 g/mol. The van der Waals surface area contributed by atoms with E-state index in [2.05, 4.69) is 33.8 Å². The number of fused-ring (bicyclic) bond motifs is 1. The molecule has 0 saturated heterocycles. The second-order valence-corrected chi connectivity index (χ2v) is 5.76.